The summed E-state index contributed by atoms with van der Waals surface area (Å²) in [5.41, 5.74) is 15.2. The van der Waals surface area contributed by atoms with Crippen molar-refractivity contribution in [2.24, 2.45) is 5.73 Å². The molecule has 0 bridgehead atoms. The first-order chi connectivity index (χ1) is 12.6. The number of anilines is 3. The molecule has 1 aromatic carbocycles. The van der Waals surface area contributed by atoms with Gasteiger partial charge in [0.1, 0.15) is 23.2 Å². The first-order valence-corrected chi connectivity index (χ1v) is 8.66. The van der Waals surface area contributed by atoms with E-state index in [-0.39, 0.29) is 0 Å². The Bertz CT molecular complexity index is 1100. The zero-order chi connectivity index (χ0) is 18.3. The number of halogens is 2. The van der Waals surface area contributed by atoms with Gasteiger partial charge < -0.3 is 16.8 Å². The zero-order valence-electron chi connectivity index (χ0n) is 13.6. The molecule has 0 amide bonds. The second kappa shape index (κ2) is 6.60. The molecular formula is C17H15Cl2N7. The number of nitrogen functional groups attached to an aromatic ring is 1. The second-order valence-corrected chi connectivity index (χ2v) is 6.56. The number of nitrogens with zero attached hydrogens (tertiary/aromatic N) is 4. The van der Waals surface area contributed by atoms with E-state index in [1.807, 2.05) is 4.40 Å². The fourth-order valence-electron chi connectivity index (χ4n) is 2.87. The van der Waals surface area contributed by atoms with E-state index in [4.69, 9.17) is 39.7 Å². The lowest BCUT2D eigenvalue weighted by atomic mass is 10.1. The van der Waals surface area contributed by atoms with Crippen LogP contribution in [0.2, 0.25) is 10.0 Å². The minimum atomic E-state index is 0.410. The molecule has 0 aliphatic heterocycles. The average Bonchev–Trinajstić information content (AvgIpc) is 3.09. The SMILES string of the molecule is NCCc1cc(N)nc2c1nc(Nc1c(Cl)cccc1Cl)c1cncn12. The molecule has 0 atom stereocenters. The van der Waals surface area contributed by atoms with E-state index < -0.39 is 0 Å². The van der Waals surface area contributed by atoms with Gasteiger partial charge in [-0.05, 0) is 36.7 Å². The van der Waals surface area contributed by atoms with Gasteiger partial charge in [-0.3, -0.25) is 4.40 Å². The van der Waals surface area contributed by atoms with Crippen molar-refractivity contribution in [3.63, 3.8) is 0 Å². The smallest absolute Gasteiger partial charge is 0.167 e. The molecule has 0 aliphatic rings. The van der Waals surface area contributed by atoms with E-state index in [1.165, 1.54) is 0 Å². The predicted octanol–water partition coefficient (Wildman–Crippen LogP) is 3.41. The van der Waals surface area contributed by atoms with Crippen LogP contribution in [0.4, 0.5) is 17.3 Å². The summed E-state index contributed by atoms with van der Waals surface area (Å²) in [6.07, 6.45) is 3.98. The number of nitrogens with one attached hydrogen (secondary N) is 1. The molecule has 132 valence electrons. The predicted molar refractivity (Wildman–Crippen MR) is 105 cm³/mol. The number of nitrogens with two attached hydrogens (primary N) is 2. The van der Waals surface area contributed by atoms with Gasteiger partial charge in [0.05, 0.1) is 21.9 Å². The summed E-state index contributed by atoms with van der Waals surface area (Å²) >= 11 is 12.6. The van der Waals surface area contributed by atoms with Crippen LogP contribution in [0.15, 0.2) is 36.8 Å². The summed E-state index contributed by atoms with van der Waals surface area (Å²) in [4.78, 5) is 13.4. The van der Waals surface area contributed by atoms with Crippen molar-refractivity contribution in [3.8, 4) is 0 Å². The van der Waals surface area contributed by atoms with Crippen LogP contribution in [0, 0.1) is 0 Å². The maximum Gasteiger partial charge on any atom is 0.167 e. The van der Waals surface area contributed by atoms with Gasteiger partial charge in [0.25, 0.3) is 0 Å². The fourth-order valence-corrected chi connectivity index (χ4v) is 3.36. The number of fused-ring (bicyclic) bond motifs is 3. The van der Waals surface area contributed by atoms with Crippen LogP contribution in [0.3, 0.4) is 0 Å². The molecule has 5 N–H and O–H groups in total. The fraction of sp³-hybridized carbons (Fsp3) is 0.118. The van der Waals surface area contributed by atoms with Gasteiger partial charge in [0, 0.05) is 0 Å². The van der Waals surface area contributed by atoms with Crippen LogP contribution in [0.5, 0.6) is 0 Å². The molecule has 9 heteroatoms. The summed E-state index contributed by atoms with van der Waals surface area (Å²) in [5.74, 6) is 0.974. The maximum atomic E-state index is 6.28. The molecular weight excluding hydrogens is 373 g/mol. The normalized spacial score (nSPS) is 11.3. The van der Waals surface area contributed by atoms with Crippen molar-refractivity contribution in [1.29, 1.82) is 0 Å². The van der Waals surface area contributed by atoms with Crippen LogP contribution in [-0.2, 0) is 6.42 Å². The highest BCUT2D eigenvalue weighted by Gasteiger charge is 2.15. The number of para-hydroxylation sites is 1. The Morgan fingerprint density at radius 2 is 1.92 bits per heavy atom. The van der Waals surface area contributed by atoms with E-state index in [0.717, 1.165) is 11.1 Å². The van der Waals surface area contributed by atoms with Gasteiger partial charge in [0.15, 0.2) is 11.5 Å². The molecule has 7 nitrogen and oxygen atoms in total. The largest absolute Gasteiger partial charge is 0.384 e. The van der Waals surface area contributed by atoms with E-state index in [1.54, 1.807) is 36.8 Å². The quantitative estimate of drug-likeness (QED) is 0.495. The number of rotatable bonds is 4. The Balaban J connectivity index is 1.98. The summed E-state index contributed by atoms with van der Waals surface area (Å²) in [7, 11) is 0. The number of pyridine rings is 1. The van der Waals surface area contributed by atoms with E-state index in [0.29, 0.717) is 51.5 Å². The lowest BCUT2D eigenvalue weighted by Crippen LogP contribution is -2.08. The van der Waals surface area contributed by atoms with Gasteiger partial charge in [0.2, 0.25) is 0 Å². The third-order valence-electron chi connectivity index (χ3n) is 4.03. The van der Waals surface area contributed by atoms with Gasteiger partial charge in [-0.15, -0.1) is 0 Å². The Kier molecular flexibility index (Phi) is 4.28. The molecule has 3 aromatic heterocycles. The highest BCUT2D eigenvalue weighted by atomic mass is 35.5. The number of benzene rings is 1. The average molecular weight is 388 g/mol. The van der Waals surface area contributed by atoms with Crippen LogP contribution in [0.25, 0.3) is 16.7 Å². The molecule has 0 aliphatic carbocycles. The first-order valence-electron chi connectivity index (χ1n) is 7.90. The summed E-state index contributed by atoms with van der Waals surface area (Å²) in [5, 5.41) is 4.21. The Morgan fingerprint density at radius 3 is 2.65 bits per heavy atom. The zero-order valence-corrected chi connectivity index (χ0v) is 15.1. The number of imidazole rings is 1. The Labute approximate surface area is 159 Å². The molecule has 0 spiro atoms. The summed E-state index contributed by atoms with van der Waals surface area (Å²) in [6.45, 7) is 0.474. The highest BCUT2D eigenvalue weighted by Crippen LogP contribution is 2.34. The lowest BCUT2D eigenvalue weighted by molar-refractivity contribution is 0.968. The molecule has 4 rings (SSSR count). The number of aromatic nitrogens is 4. The molecule has 3 heterocycles. The van der Waals surface area contributed by atoms with Gasteiger partial charge in [-0.25, -0.2) is 15.0 Å². The third-order valence-corrected chi connectivity index (χ3v) is 4.66. The van der Waals surface area contributed by atoms with Crippen molar-refractivity contribution in [2.45, 2.75) is 6.42 Å². The second-order valence-electron chi connectivity index (χ2n) is 5.75. The molecule has 0 unspecified atom stereocenters. The molecule has 0 fully saturated rings. The van der Waals surface area contributed by atoms with Crippen LogP contribution >= 0.6 is 23.2 Å². The molecule has 0 saturated heterocycles. The molecule has 0 radical (unpaired) electrons. The Morgan fingerprint density at radius 1 is 1.15 bits per heavy atom. The van der Waals surface area contributed by atoms with Crippen molar-refractivity contribution in [1.82, 2.24) is 19.4 Å². The van der Waals surface area contributed by atoms with Gasteiger partial charge >= 0.3 is 0 Å². The van der Waals surface area contributed by atoms with Crippen molar-refractivity contribution >= 4 is 57.2 Å². The molecule has 26 heavy (non-hydrogen) atoms. The minimum absolute atomic E-state index is 0.410. The lowest BCUT2D eigenvalue weighted by Gasteiger charge is -2.14. The molecule has 4 aromatic rings. The topological polar surface area (TPSA) is 107 Å². The molecule has 0 saturated carbocycles. The Hall–Kier alpha value is -2.61. The van der Waals surface area contributed by atoms with E-state index in [2.05, 4.69) is 15.3 Å². The van der Waals surface area contributed by atoms with Crippen molar-refractivity contribution in [2.75, 3.05) is 17.6 Å². The van der Waals surface area contributed by atoms with Crippen molar-refractivity contribution in [3.05, 3.63) is 52.4 Å². The van der Waals surface area contributed by atoms with E-state index >= 15 is 0 Å². The van der Waals surface area contributed by atoms with Crippen LogP contribution < -0.4 is 16.8 Å². The van der Waals surface area contributed by atoms with Crippen molar-refractivity contribution < 1.29 is 0 Å². The highest BCUT2D eigenvalue weighted by molar-refractivity contribution is 6.39. The first kappa shape index (κ1) is 16.8. The number of hydrogen-bond donors (Lipinski definition) is 3. The van der Waals surface area contributed by atoms with Crippen LogP contribution in [0.1, 0.15) is 5.56 Å². The van der Waals surface area contributed by atoms with E-state index in [9.17, 15) is 0 Å². The van der Waals surface area contributed by atoms with Gasteiger partial charge in [-0.2, -0.15) is 0 Å². The summed E-state index contributed by atoms with van der Waals surface area (Å²) < 4.78 is 1.83. The third kappa shape index (κ3) is 2.80. The minimum Gasteiger partial charge on any atom is -0.384 e. The summed E-state index contributed by atoms with van der Waals surface area (Å²) in [6, 6.07) is 7.08. The monoisotopic (exact) mass is 387 g/mol. The van der Waals surface area contributed by atoms with Crippen LogP contribution in [-0.4, -0.2) is 25.9 Å². The van der Waals surface area contributed by atoms with Gasteiger partial charge in [-0.1, -0.05) is 29.3 Å². The maximum absolute atomic E-state index is 6.28. The number of hydrogen-bond acceptors (Lipinski definition) is 6. The standard InChI is InChI=1S/C17H15Cl2N7/c18-10-2-1-3-11(19)15(10)25-16-12-7-22-8-26(12)17-14(24-16)9(4-5-20)6-13(21)23-17/h1-3,6-8H,4-5,20H2,(H2,21,23)(H,24,25).